The Bertz CT molecular complexity index is 440. The van der Waals surface area contributed by atoms with Crippen molar-refractivity contribution in [3.8, 4) is 18.1 Å². The van der Waals surface area contributed by atoms with Crippen molar-refractivity contribution < 1.29 is 14.3 Å². The quantitative estimate of drug-likeness (QED) is 0.523. The van der Waals surface area contributed by atoms with Gasteiger partial charge < -0.3 is 16.2 Å². The zero-order chi connectivity index (χ0) is 12.1. The molecular weight excluding hydrogens is 211 g/mol. The molecule has 0 fully saturated rings. The molecule has 1 unspecified atom stereocenters. The van der Waals surface area contributed by atoms with Crippen molar-refractivity contribution in [3.63, 3.8) is 0 Å². The molecule has 0 spiro atoms. The topological polar surface area (TPSA) is 75.4 Å². The lowest BCUT2D eigenvalue weighted by atomic mass is 10.2. The van der Waals surface area contributed by atoms with Crippen LogP contribution in [0.25, 0.3) is 0 Å². The third-order valence-corrected chi connectivity index (χ3v) is 1.89. The summed E-state index contributed by atoms with van der Waals surface area (Å²) in [6.45, 7) is 0. The zero-order valence-corrected chi connectivity index (χ0v) is 8.40. The van der Waals surface area contributed by atoms with E-state index >= 15 is 0 Å². The number of terminal acetylenes is 1. The molecule has 0 bridgehead atoms. The molecule has 1 atom stereocenters. The third kappa shape index (κ3) is 2.97. The van der Waals surface area contributed by atoms with Gasteiger partial charge >= 0.3 is 0 Å². The summed E-state index contributed by atoms with van der Waals surface area (Å²) >= 11 is 0. The first-order valence-corrected chi connectivity index (χ1v) is 4.53. The van der Waals surface area contributed by atoms with E-state index in [2.05, 4.69) is 11.2 Å². The number of aromatic hydroxyl groups is 1. The second-order valence-electron chi connectivity index (χ2n) is 3.17. The number of hydrogen-bond acceptors (Lipinski definition) is 3. The van der Waals surface area contributed by atoms with E-state index in [1.54, 1.807) is 0 Å². The van der Waals surface area contributed by atoms with Crippen molar-refractivity contribution in [2.75, 3.05) is 5.32 Å². The Hall–Kier alpha value is -2.06. The molecule has 0 saturated carbocycles. The largest absolute Gasteiger partial charge is 0.505 e. The Morgan fingerprint density at radius 3 is 2.94 bits per heavy atom. The first-order chi connectivity index (χ1) is 7.54. The maximum atomic E-state index is 12.9. The van der Waals surface area contributed by atoms with E-state index in [4.69, 9.17) is 17.3 Å². The van der Waals surface area contributed by atoms with Gasteiger partial charge in [0.15, 0.2) is 11.6 Å². The number of phenolic OH excluding ortho intramolecular Hbond substituents is 1. The predicted octanol–water partition coefficient (Wildman–Crippen LogP) is 0.820. The van der Waals surface area contributed by atoms with Gasteiger partial charge in [-0.05, 0) is 12.1 Å². The molecule has 4 N–H and O–H groups in total. The summed E-state index contributed by atoms with van der Waals surface area (Å²) in [6.07, 6.45) is 5.11. The van der Waals surface area contributed by atoms with Crippen molar-refractivity contribution in [1.82, 2.24) is 0 Å². The summed E-state index contributed by atoms with van der Waals surface area (Å²) in [5, 5.41) is 11.3. The van der Waals surface area contributed by atoms with Gasteiger partial charge in [-0.15, -0.1) is 12.3 Å². The van der Waals surface area contributed by atoms with Crippen LogP contribution in [0, 0.1) is 18.2 Å². The first-order valence-electron chi connectivity index (χ1n) is 4.53. The molecule has 84 valence electrons. The number of hydrogen-bond donors (Lipinski definition) is 3. The minimum Gasteiger partial charge on any atom is -0.505 e. The highest BCUT2D eigenvalue weighted by molar-refractivity contribution is 5.94. The van der Waals surface area contributed by atoms with Crippen LogP contribution in [0.4, 0.5) is 10.1 Å². The minimum absolute atomic E-state index is 0.104. The van der Waals surface area contributed by atoms with Gasteiger partial charge in [-0.25, -0.2) is 4.39 Å². The van der Waals surface area contributed by atoms with Gasteiger partial charge in [-0.2, -0.15) is 0 Å². The zero-order valence-electron chi connectivity index (χ0n) is 8.40. The van der Waals surface area contributed by atoms with E-state index in [0.717, 1.165) is 12.1 Å². The molecule has 1 rings (SSSR count). The molecule has 5 heteroatoms. The van der Waals surface area contributed by atoms with E-state index in [1.165, 1.54) is 6.07 Å². The van der Waals surface area contributed by atoms with Crippen LogP contribution < -0.4 is 11.1 Å². The molecule has 0 aliphatic heterocycles. The van der Waals surface area contributed by atoms with E-state index in [0.29, 0.717) is 0 Å². The molecule has 16 heavy (non-hydrogen) atoms. The van der Waals surface area contributed by atoms with Gasteiger partial charge in [0.2, 0.25) is 5.91 Å². The first kappa shape index (κ1) is 12.0. The Morgan fingerprint density at radius 2 is 2.38 bits per heavy atom. The van der Waals surface area contributed by atoms with Crippen LogP contribution in [0.15, 0.2) is 18.2 Å². The van der Waals surface area contributed by atoms with Crippen LogP contribution in [0.5, 0.6) is 5.75 Å². The van der Waals surface area contributed by atoms with Crippen LogP contribution in [-0.2, 0) is 4.79 Å². The maximum Gasteiger partial charge on any atom is 0.242 e. The molecule has 1 aromatic rings. The van der Waals surface area contributed by atoms with Gasteiger partial charge in [0.1, 0.15) is 0 Å². The average molecular weight is 222 g/mol. The smallest absolute Gasteiger partial charge is 0.242 e. The number of rotatable bonds is 3. The number of anilines is 1. The van der Waals surface area contributed by atoms with Gasteiger partial charge in [-0.3, -0.25) is 4.79 Å². The van der Waals surface area contributed by atoms with Gasteiger partial charge in [0, 0.05) is 18.2 Å². The summed E-state index contributed by atoms with van der Waals surface area (Å²) in [5.74, 6) is 0.461. The van der Waals surface area contributed by atoms with Gasteiger partial charge in [0.25, 0.3) is 0 Å². The monoisotopic (exact) mass is 222 g/mol. The molecule has 0 aliphatic rings. The predicted molar refractivity (Wildman–Crippen MR) is 58.1 cm³/mol. The van der Waals surface area contributed by atoms with E-state index in [1.807, 2.05) is 0 Å². The highest BCUT2D eigenvalue weighted by Gasteiger charge is 2.12. The number of phenols is 1. The van der Waals surface area contributed by atoms with E-state index in [9.17, 15) is 9.18 Å². The Kier molecular flexibility index (Phi) is 3.86. The van der Waals surface area contributed by atoms with Gasteiger partial charge in [0.05, 0.1) is 6.04 Å². The fraction of sp³-hybridized carbons (Fsp3) is 0.182. The Morgan fingerprint density at radius 1 is 1.69 bits per heavy atom. The maximum absolute atomic E-state index is 12.9. The molecule has 0 heterocycles. The summed E-state index contributed by atoms with van der Waals surface area (Å²) in [4.78, 5) is 11.4. The lowest BCUT2D eigenvalue weighted by Crippen LogP contribution is -2.35. The number of nitrogens with two attached hydrogens (primary N) is 1. The van der Waals surface area contributed by atoms with Crippen molar-refractivity contribution in [2.24, 2.45) is 5.73 Å². The van der Waals surface area contributed by atoms with Gasteiger partial charge in [-0.1, -0.05) is 0 Å². The molecular formula is C11H11FN2O2. The van der Waals surface area contributed by atoms with E-state index < -0.39 is 23.5 Å². The van der Waals surface area contributed by atoms with Crippen molar-refractivity contribution in [3.05, 3.63) is 24.0 Å². The summed E-state index contributed by atoms with van der Waals surface area (Å²) in [5.41, 5.74) is 5.66. The van der Waals surface area contributed by atoms with Crippen LogP contribution in [0.3, 0.4) is 0 Å². The molecule has 1 amide bonds. The van der Waals surface area contributed by atoms with Crippen LogP contribution in [0.1, 0.15) is 6.42 Å². The second kappa shape index (κ2) is 5.14. The normalized spacial score (nSPS) is 11.6. The number of amides is 1. The summed E-state index contributed by atoms with van der Waals surface area (Å²) < 4.78 is 12.9. The summed E-state index contributed by atoms with van der Waals surface area (Å²) in [7, 11) is 0. The molecule has 1 aromatic carbocycles. The van der Waals surface area contributed by atoms with Crippen molar-refractivity contribution in [1.29, 1.82) is 0 Å². The standard InChI is InChI=1S/C11H11FN2O2/c1-2-3-9(13)11(16)14-7-4-5-10(15)8(12)6-7/h1,4-6,9,15H,3,13H2,(H,14,16). The highest BCUT2D eigenvalue weighted by Crippen LogP contribution is 2.19. The number of nitrogens with one attached hydrogen (secondary N) is 1. The number of carbonyl (C=O) groups excluding carboxylic acids is 1. The second-order valence-corrected chi connectivity index (χ2v) is 3.17. The summed E-state index contributed by atoms with van der Waals surface area (Å²) in [6, 6.07) is 2.66. The molecule has 4 nitrogen and oxygen atoms in total. The number of halogens is 1. The average Bonchev–Trinajstić information content (AvgIpc) is 2.24. The molecule has 0 radical (unpaired) electrons. The fourth-order valence-electron chi connectivity index (χ4n) is 1.04. The number of benzene rings is 1. The molecule has 0 saturated heterocycles. The van der Waals surface area contributed by atoms with Crippen molar-refractivity contribution in [2.45, 2.75) is 12.5 Å². The van der Waals surface area contributed by atoms with Crippen LogP contribution in [0.2, 0.25) is 0 Å². The SMILES string of the molecule is C#CCC(N)C(=O)Nc1ccc(O)c(F)c1. The fourth-order valence-corrected chi connectivity index (χ4v) is 1.04. The lowest BCUT2D eigenvalue weighted by Gasteiger charge is -2.09. The molecule has 0 aliphatic carbocycles. The van der Waals surface area contributed by atoms with Crippen molar-refractivity contribution >= 4 is 11.6 Å². The highest BCUT2D eigenvalue weighted by atomic mass is 19.1. The Labute approximate surface area is 92.3 Å². The minimum atomic E-state index is -0.832. The lowest BCUT2D eigenvalue weighted by molar-refractivity contribution is -0.117. The Balaban J connectivity index is 2.70. The molecule has 0 aromatic heterocycles. The van der Waals surface area contributed by atoms with Crippen LogP contribution >= 0.6 is 0 Å². The third-order valence-electron chi connectivity index (χ3n) is 1.89. The van der Waals surface area contributed by atoms with E-state index in [-0.39, 0.29) is 12.1 Å². The number of carbonyl (C=O) groups is 1. The van der Waals surface area contributed by atoms with Crippen LogP contribution in [-0.4, -0.2) is 17.1 Å².